The molecule has 5 heteroatoms. The molecule has 140 valence electrons. The van der Waals surface area contributed by atoms with Gasteiger partial charge in [-0.3, -0.25) is 0 Å². The molecule has 1 heterocycles. The molecular formula is C21H27FN2O2. The van der Waals surface area contributed by atoms with Crippen LogP contribution in [0.25, 0.3) is 0 Å². The zero-order valence-corrected chi connectivity index (χ0v) is 15.8. The van der Waals surface area contributed by atoms with E-state index in [0.717, 1.165) is 29.0 Å². The Morgan fingerprint density at radius 3 is 2.50 bits per heavy atom. The molecule has 3 rings (SSSR count). The summed E-state index contributed by atoms with van der Waals surface area (Å²) < 4.78 is 19.1. The maximum absolute atomic E-state index is 13.0. The Morgan fingerprint density at radius 2 is 1.85 bits per heavy atom. The van der Waals surface area contributed by atoms with Crippen molar-refractivity contribution in [3.8, 4) is 5.75 Å². The Bertz CT molecular complexity index is 759. The third kappa shape index (κ3) is 3.84. The highest BCUT2D eigenvalue weighted by molar-refractivity contribution is 5.55. The van der Waals surface area contributed by atoms with Gasteiger partial charge in [0.1, 0.15) is 23.3 Å². The number of hydrogen-bond acceptors (Lipinski definition) is 4. The van der Waals surface area contributed by atoms with Crippen molar-refractivity contribution in [2.24, 2.45) is 0 Å². The fourth-order valence-corrected chi connectivity index (χ4v) is 3.31. The van der Waals surface area contributed by atoms with Crippen molar-refractivity contribution in [3.05, 3.63) is 59.4 Å². The van der Waals surface area contributed by atoms with Gasteiger partial charge in [0.05, 0.1) is 6.04 Å². The van der Waals surface area contributed by atoms with Crippen LogP contribution in [0.5, 0.6) is 5.75 Å². The van der Waals surface area contributed by atoms with Gasteiger partial charge in [0, 0.05) is 31.4 Å². The quantitative estimate of drug-likeness (QED) is 0.861. The molecular weight excluding hydrogens is 331 g/mol. The van der Waals surface area contributed by atoms with Crippen LogP contribution in [0, 0.1) is 5.82 Å². The number of ether oxygens (including phenoxy) is 1. The number of fused-ring (bicyclic) bond motifs is 1. The standard InChI is InChI=1S/C21H27FN2O2/c1-21(2)20(25)19(23-12-11-14-5-7-15(22)8-6-14)17-10-9-16(24(3)4)13-18(17)26-21/h5-10,13,19-20,23,25H,11-12H2,1-4H3/t19-,20?/m0/s1. The molecule has 2 aromatic rings. The molecule has 26 heavy (non-hydrogen) atoms. The number of rotatable bonds is 5. The van der Waals surface area contributed by atoms with E-state index < -0.39 is 11.7 Å². The van der Waals surface area contributed by atoms with Gasteiger partial charge in [-0.15, -0.1) is 0 Å². The lowest BCUT2D eigenvalue weighted by Gasteiger charge is -2.42. The van der Waals surface area contributed by atoms with Crippen molar-refractivity contribution in [2.45, 2.75) is 38.0 Å². The Labute approximate surface area is 154 Å². The summed E-state index contributed by atoms with van der Waals surface area (Å²) in [6.07, 6.45) is 0.0871. The van der Waals surface area contributed by atoms with E-state index in [4.69, 9.17) is 4.74 Å². The minimum absolute atomic E-state index is 0.217. The summed E-state index contributed by atoms with van der Waals surface area (Å²) in [5.41, 5.74) is 2.39. The maximum atomic E-state index is 13.0. The van der Waals surface area contributed by atoms with E-state index >= 15 is 0 Å². The van der Waals surface area contributed by atoms with Crippen molar-refractivity contribution < 1.29 is 14.2 Å². The molecule has 0 saturated heterocycles. The van der Waals surface area contributed by atoms with Gasteiger partial charge in [0.15, 0.2) is 0 Å². The van der Waals surface area contributed by atoms with E-state index in [9.17, 15) is 9.50 Å². The van der Waals surface area contributed by atoms with E-state index in [1.54, 1.807) is 12.1 Å². The average molecular weight is 358 g/mol. The van der Waals surface area contributed by atoms with Crippen LogP contribution in [0.4, 0.5) is 10.1 Å². The zero-order chi connectivity index (χ0) is 18.9. The molecule has 0 bridgehead atoms. The van der Waals surface area contributed by atoms with Crippen LogP contribution >= 0.6 is 0 Å². The molecule has 2 aromatic carbocycles. The number of aliphatic hydroxyl groups is 1. The Morgan fingerprint density at radius 1 is 1.15 bits per heavy atom. The van der Waals surface area contributed by atoms with Gasteiger partial charge in [-0.2, -0.15) is 0 Å². The molecule has 2 atom stereocenters. The number of hydrogen-bond donors (Lipinski definition) is 2. The SMILES string of the molecule is CN(C)c1ccc2c(c1)OC(C)(C)C(O)[C@H]2NCCc1ccc(F)cc1. The van der Waals surface area contributed by atoms with Crippen LogP contribution in [-0.2, 0) is 6.42 Å². The topological polar surface area (TPSA) is 44.7 Å². The summed E-state index contributed by atoms with van der Waals surface area (Å²) in [5.74, 6) is 0.569. The molecule has 2 N–H and O–H groups in total. The van der Waals surface area contributed by atoms with E-state index in [-0.39, 0.29) is 11.9 Å². The van der Waals surface area contributed by atoms with Gasteiger partial charge < -0.3 is 20.1 Å². The second kappa shape index (κ2) is 7.25. The van der Waals surface area contributed by atoms with Gasteiger partial charge in [-0.25, -0.2) is 4.39 Å². The number of benzene rings is 2. The van der Waals surface area contributed by atoms with E-state index in [1.807, 2.05) is 51.0 Å². The van der Waals surface area contributed by atoms with Gasteiger partial charge in [0.2, 0.25) is 0 Å². The van der Waals surface area contributed by atoms with Crippen LogP contribution in [-0.4, -0.2) is 37.5 Å². The van der Waals surface area contributed by atoms with Gasteiger partial charge in [-0.1, -0.05) is 18.2 Å². The number of halogens is 1. The molecule has 1 aliphatic heterocycles. The second-order valence-corrected chi connectivity index (χ2v) is 7.58. The monoisotopic (exact) mass is 358 g/mol. The lowest BCUT2D eigenvalue weighted by atomic mass is 9.86. The van der Waals surface area contributed by atoms with E-state index in [1.165, 1.54) is 12.1 Å². The maximum Gasteiger partial charge on any atom is 0.131 e. The number of nitrogens with one attached hydrogen (secondary N) is 1. The summed E-state index contributed by atoms with van der Waals surface area (Å²) >= 11 is 0. The van der Waals surface area contributed by atoms with Crippen LogP contribution < -0.4 is 15.0 Å². The summed E-state index contributed by atoms with van der Waals surface area (Å²) in [7, 11) is 3.98. The third-order valence-electron chi connectivity index (χ3n) is 4.94. The third-order valence-corrected chi connectivity index (χ3v) is 4.94. The summed E-state index contributed by atoms with van der Waals surface area (Å²) in [6, 6.07) is 12.4. The first kappa shape index (κ1) is 18.7. The lowest BCUT2D eigenvalue weighted by molar-refractivity contribution is -0.0643. The number of anilines is 1. The summed E-state index contributed by atoms with van der Waals surface area (Å²) in [6.45, 7) is 4.48. The molecule has 0 aromatic heterocycles. The second-order valence-electron chi connectivity index (χ2n) is 7.58. The van der Waals surface area contributed by atoms with Gasteiger partial charge >= 0.3 is 0 Å². The molecule has 1 unspecified atom stereocenters. The zero-order valence-electron chi connectivity index (χ0n) is 15.8. The first-order chi connectivity index (χ1) is 12.3. The van der Waals surface area contributed by atoms with Crippen molar-refractivity contribution in [1.29, 1.82) is 0 Å². The van der Waals surface area contributed by atoms with Crippen LogP contribution in [0.15, 0.2) is 42.5 Å². The fraction of sp³-hybridized carbons (Fsp3) is 0.429. The summed E-state index contributed by atoms with van der Waals surface area (Å²) in [5, 5.41) is 14.3. The minimum Gasteiger partial charge on any atom is -0.485 e. The van der Waals surface area contributed by atoms with Crippen LogP contribution in [0.1, 0.15) is 31.0 Å². The van der Waals surface area contributed by atoms with Crippen molar-refractivity contribution >= 4 is 5.69 Å². The van der Waals surface area contributed by atoms with Gasteiger partial charge in [-0.05, 0) is 50.6 Å². The van der Waals surface area contributed by atoms with Gasteiger partial charge in [0.25, 0.3) is 0 Å². The molecule has 0 aliphatic carbocycles. The van der Waals surface area contributed by atoms with Crippen LogP contribution in [0.3, 0.4) is 0 Å². The first-order valence-electron chi connectivity index (χ1n) is 8.94. The first-order valence-corrected chi connectivity index (χ1v) is 8.94. The molecule has 4 nitrogen and oxygen atoms in total. The molecule has 0 fully saturated rings. The highest BCUT2D eigenvalue weighted by atomic mass is 19.1. The predicted molar refractivity (Wildman–Crippen MR) is 102 cm³/mol. The fourth-order valence-electron chi connectivity index (χ4n) is 3.31. The van der Waals surface area contributed by atoms with Crippen molar-refractivity contribution in [1.82, 2.24) is 5.32 Å². The van der Waals surface area contributed by atoms with E-state index in [0.29, 0.717) is 6.54 Å². The normalized spacial score (nSPS) is 21.0. The Hall–Kier alpha value is -2.11. The number of nitrogens with zero attached hydrogens (tertiary/aromatic N) is 1. The predicted octanol–water partition coefficient (Wildman–Crippen LogP) is 3.30. The molecule has 0 radical (unpaired) electrons. The smallest absolute Gasteiger partial charge is 0.131 e. The Balaban J connectivity index is 1.78. The highest BCUT2D eigenvalue weighted by Gasteiger charge is 2.42. The molecule has 0 spiro atoms. The Kier molecular flexibility index (Phi) is 5.21. The lowest BCUT2D eigenvalue weighted by Crippen LogP contribution is -2.52. The van der Waals surface area contributed by atoms with Crippen molar-refractivity contribution in [2.75, 3.05) is 25.5 Å². The average Bonchev–Trinajstić information content (AvgIpc) is 2.59. The molecule has 0 amide bonds. The largest absolute Gasteiger partial charge is 0.485 e. The summed E-state index contributed by atoms with van der Waals surface area (Å²) in [4.78, 5) is 2.03. The van der Waals surface area contributed by atoms with Crippen LogP contribution in [0.2, 0.25) is 0 Å². The molecule has 0 saturated carbocycles. The molecule has 1 aliphatic rings. The van der Waals surface area contributed by atoms with Crippen molar-refractivity contribution in [3.63, 3.8) is 0 Å². The highest BCUT2D eigenvalue weighted by Crippen LogP contribution is 2.41. The van der Waals surface area contributed by atoms with E-state index in [2.05, 4.69) is 5.32 Å². The minimum atomic E-state index is -0.689. The number of aliphatic hydroxyl groups excluding tert-OH is 1.